The summed E-state index contributed by atoms with van der Waals surface area (Å²) in [5.74, 6) is -0.976. The van der Waals surface area contributed by atoms with Gasteiger partial charge in [-0.25, -0.2) is 0 Å². The molecule has 0 aromatic heterocycles. The highest BCUT2D eigenvalue weighted by atomic mass is 16.5. The van der Waals surface area contributed by atoms with Crippen LogP contribution in [0.15, 0.2) is 0 Å². The van der Waals surface area contributed by atoms with Crippen LogP contribution in [0.25, 0.3) is 0 Å². The smallest absolute Gasteiger partial charge is 0.323 e. The zero-order valence-electron chi connectivity index (χ0n) is 11.4. The van der Waals surface area contributed by atoms with Crippen molar-refractivity contribution in [3.8, 4) is 0 Å². The lowest BCUT2D eigenvalue weighted by molar-refractivity contribution is -0.144. The zero-order valence-corrected chi connectivity index (χ0v) is 11.4. The quantitative estimate of drug-likeness (QED) is 0.580. The fraction of sp³-hybridized carbons (Fsp3) is 0.923. The molecule has 0 aromatic carbocycles. The van der Waals surface area contributed by atoms with E-state index >= 15 is 0 Å². The molecule has 0 bridgehead atoms. The Balaban J connectivity index is 3.59. The molecule has 4 nitrogen and oxygen atoms in total. The topological polar surface area (TPSA) is 72.5 Å². The first-order chi connectivity index (χ1) is 7.90. The van der Waals surface area contributed by atoms with Crippen molar-refractivity contribution in [1.29, 1.82) is 0 Å². The lowest BCUT2D eigenvalue weighted by Crippen LogP contribution is -2.47. The van der Waals surface area contributed by atoms with Crippen LogP contribution in [0.5, 0.6) is 0 Å². The highest BCUT2D eigenvalue weighted by Gasteiger charge is 2.30. The molecule has 4 heteroatoms. The minimum Gasteiger partial charge on any atom is -0.480 e. The lowest BCUT2D eigenvalue weighted by Gasteiger charge is -2.23. The SMILES string of the molecule is CCCCCCCOC(C)CC(C)(N)C(=O)O. The van der Waals surface area contributed by atoms with Crippen LogP contribution >= 0.6 is 0 Å². The molecule has 0 saturated heterocycles. The first kappa shape index (κ1) is 16.4. The summed E-state index contributed by atoms with van der Waals surface area (Å²) in [7, 11) is 0. The Morgan fingerprint density at radius 1 is 1.35 bits per heavy atom. The fourth-order valence-corrected chi connectivity index (χ4v) is 1.73. The lowest BCUT2D eigenvalue weighted by atomic mass is 9.96. The molecule has 2 atom stereocenters. The number of aliphatic carboxylic acids is 1. The molecule has 0 saturated carbocycles. The van der Waals surface area contributed by atoms with Crippen molar-refractivity contribution in [2.75, 3.05) is 6.61 Å². The molecule has 2 unspecified atom stereocenters. The third-order valence-electron chi connectivity index (χ3n) is 2.85. The zero-order chi connectivity index (χ0) is 13.3. The third-order valence-corrected chi connectivity index (χ3v) is 2.85. The van der Waals surface area contributed by atoms with Crippen molar-refractivity contribution in [3.05, 3.63) is 0 Å². The van der Waals surface area contributed by atoms with Crippen LogP contribution < -0.4 is 5.73 Å². The largest absolute Gasteiger partial charge is 0.480 e. The van der Waals surface area contributed by atoms with Gasteiger partial charge in [0.2, 0.25) is 0 Å². The maximum atomic E-state index is 10.8. The first-order valence-electron chi connectivity index (χ1n) is 6.54. The van der Waals surface area contributed by atoms with Gasteiger partial charge in [0.15, 0.2) is 0 Å². The van der Waals surface area contributed by atoms with Gasteiger partial charge < -0.3 is 15.6 Å². The van der Waals surface area contributed by atoms with Crippen LogP contribution in [-0.2, 0) is 9.53 Å². The molecule has 0 radical (unpaired) electrons. The Kier molecular flexibility index (Phi) is 8.17. The van der Waals surface area contributed by atoms with Gasteiger partial charge in [0, 0.05) is 13.0 Å². The Hall–Kier alpha value is -0.610. The molecule has 0 amide bonds. The monoisotopic (exact) mass is 245 g/mol. The molecule has 0 aromatic rings. The van der Waals surface area contributed by atoms with Crippen molar-refractivity contribution in [2.45, 2.75) is 70.9 Å². The van der Waals surface area contributed by atoms with E-state index in [4.69, 9.17) is 15.6 Å². The Bertz CT molecular complexity index is 217. The van der Waals surface area contributed by atoms with E-state index in [0.29, 0.717) is 13.0 Å². The number of rotatable bonds is 10. The number of carboxylic acid groups (broad SMARTS) is 1. The Morgan fingerprint density at radius 2 is 1.94 bits per heavy atom. The third kappa shape index (κ3) is 8.16. The van der Waals surface area contributed by atoms with Gasteiger partial charge in [0.05, 0.1) is 6.10 Å². The highest BCUT2D eigenvalue weighted by molar-refractivity contribution is 5.77. The van der Waals surface area contributed by atoms with Crippen molar-refractivity contribution >= 4 is 5.97 Å². The van der Waals surface area contributed by atoms with Gasteiger partial charge in [-0.3, -0.25) is 4.79 Å². The van der Waals surface area contributed by atoms with E-state index in [-0.39, 0.29) is 6.10 Å². The van der Waals surface area contributed by atoms with Crippen LogP contribution in [0, 0.1) is 0 Å². The van der Waals surface area contributed by atoms with Crippen molar-refractivity contribution < 1.29 is 14.6 Å². The molecule has 0 aliphatic carbocycles. The first-order valence-corrected chi connectivity index (χ1v) is 6.54. The van der Waals surface area contributed by atoms with Gasteiger partial charge in [0.25, 0.3) is 0 Å². The number of carboxylic acids is 1. The van der Waals surface area contributed by atoms with Crippen LogP contribution in [0.3, 0.4) is 0 Å². The molecule has 0 aliphatic heterocycles. The van der Waals surface area contributed by atoms with E-state index in [1.165, 1.54) is 32.6 Å². The van der Waals surface area contributed by atoms with Crippen molar-refractivity contribution in [1.82, 2.24) is 0 Å². The number of hydrogen-bond acceptors (Lipinski definition) is 3. The molecule has 0 aliphatic rings. The van der Waals surface area contributed by atoms with E-state index in [1.54, 1.807) is 0 Å². The molecule has 0 spiro atoms. The van der Waals surface area contributed by atoms with E-state index in [0.717, 1.165) is 6.42 Å². The number of nitrogens with two attached hydrogens (primary N) is 1. The van der Waals surface area contributed by atoms with E-state index in [2.05, 4.69) is 6.92 Å². The summed E-state index contributed by atoms with van der Waals surface area (Å²) < 4.78 is 5.56. The molecule has 3 N–H and O–H groups in total. The van der Waals surface area contributed by atoms with Crippen LogP contribution in [0.4, 0.5) is 0 Å². The van der Waals surface area contributed by atoms with Gasteiger partial charge in [-0.15, -0.1) is 0 Å². The number of carbonyl (C=O) groups is 1. The Labute approximate surface area is 105 Å². The maximum absolute atomic E-state index is 10.8. The van der Waals surface area contributed by atoms with Gasteiger partial charge in [0.1, 0.15) is 5.54 Å². The van der Waals surface area contributed by atoms with E-state index in [1.807, 2.05) is 6.92 Å². The standard InChI is InChI=1S/C13H27NO3/c1-4-5-6-7-8-9-17-11(2)10-13(3,14)12(15)16/h11H,4-10,14H2,1-3H3,(H,15,16). The summed E-state index contributed by atoms with van der Waals surface area (Å²) in [4.78, 5) is 10.8. The van der Waals surface area contributed by atoms with Gasteiger partial charge in [-0.05, 0) is 20.3 Å². The fourth-order valence-electron chi connectivity index (χ4n) is 1.73. The van der Waals surface area contributed by atoms with Crippen LogP contribution in [-0.4, -0.2) is 29.3 Å². The summed E-state index contributed by atoms with van der Waals surface area (Å²) >= 11 is 0. The second-order valence-corrected chi connectivity index (χ2v) is 5.02. The Morgan fingerprint density at radius 3 is 2.47 bits per heavy atom. The number of ether oxygens (including phenoxy) is 1. The number of hydrogen-bond donors (Lipinski definition) is 2. The second kappa shape index (κ2) is 8.48. The molecule has 0 fully saturated rings. The van der Waals surface area contributed by atoms with Gasteiger partial charge in [-0.1, -0.05) is 32.6 Å². The van der Waals surface area contributed by atoms with Gasteiger partial charge in [-0.2, -0.15) is 0 Å². The molecular weight excluding hydrogens is 218 g/mol. The minimum atomic E-state index is -1.19. The normalized spacial score (nSPS) is 16.5. The molecule has 17 heavy (non-hydrogen) atoms. The molecule has 0 heterocycles. The molecule has 102 valence electrons. The summed E-state index contributed by atoms with van der Waals surface area (Å²) in [5.41, 5.74) is 4.46. The van der Waals surface area contributed by atoms with E-state index in [9.17, 15) is 4.79 Å². The number of unbranched alkanes of at least 4 members (excludes halogenated alkanes) is 4. The molecule has 0 rings (SSSR count). The van der Waals surface area contributed by atoms with Crippen molar-refractivity contribution in [2.24, 2.45) is 5.73 Å². The van der Waals surface area contributed by atoms with Crippen LogP contribution in [0.2, 0.25) is 0 Å². The average Bonchev–Trinajstić information content (AvgIpc) is 2.22. The molecular formula is C13H27NO3. The predicted octanol–water partition coefficient (Wildman–Crippen LogP) is 2.55. The minimum absolute atomic E-state index is 0.104. The second-order valence-electron chi connectivity index (χ2n) is 5.02. The summed E-state index contributed by atoms with van der Waals surface area (Å²) in [6, 6.07) is 0. The maximum Gasteiger partial charge on any atom is 0.323 e. The summed E-state index contributed by atoms with van der Waals surface area (Å²) in [6.45, 7) is 6.28. The summed E-state index contributed by atoms with van der Waals surface area (Å²) in [5, 5.41) is 8.88. The van der Waals surface area contributed by atoms with Crippen LogP contribution in [0.1, 0.15) is 59.3 Å². The predicted molar refractivity (Wildman–Crippen MR) is 69.0 cm³/mol. The highest BCUT2D eigenvalue weighted by Crippen LogP contribution is 2.12. The van der Waals surface area contributed by atoms with Gasteiger partial charge >= 0.3 is 5.97 Å². The average molecular weight is 245 g/mol. The summed E-state index contributed by atoms with van der Waals surface area (Å²) in [6.07, 6.45) is 6.22. The van der Waals surface area contributed by atoms with Crippen molar-refractivity contribution in [3.63, 3.8) is 0 Å². The van der Waals surface area contributed by atoms with E-state index < -0.39 is 11.5 Å².